The van der Waals surface area contributed by atoms with Crippen LogP contribution >= 0.6 is 0 Å². The molecule has 1 saturated heterocycles. The van der Waals surface area contributed by atoms with Crippen LogP contribution in [0, 0.1) is 17.2 Å². The second kappa shape index (κ2) is 6.33. The van der Waals surface area contributed by atoms with E-state index in [1.165, 1.54) is 0 Å². The van der Waals surface area contributed by atoms with Crippen molar-refractivity contribution < 1.29 is 9.47 Å². The van der Waals surface area contributed by atoms with Gasteiger partial charge in [-0.25, -0.2) is 4.98 Å². The topological polar surface area (TPSA) is 55.1 Å². The fraction of sp³-hybridized carbons (Fsp3) is 0.538. The fourth-order valence-electron chi connectivity index (χ4n) is 1.90. The largest absolute Gasteiger partial charge is 0.381 e. The molecule has 2 heterocycles. The van der Waals surface area contributed by atoms with Crippen molar-refractivity contribution in [2.75, 3.05) is 19.8 Å². The summed E-state index contributed by atoms with van der Waals surface area (Å²) in [5, 5.41) is 8.88. The van der Waals surface area contributed by atoms with Gasteiger partial charge in [-0.3, -0.25) is 0 Å². The van der Waals surface area contributed by atoms with Crippen molar-refractivity contribution in [3.05, 3.63) is 29.6 Å². The molecule has 90 valence electrons. The molecule has 0 aromatic carbocycles. The van der Waals surface area contributed by atoms with Gasteiger partial charge in [0.15, 0.2) is 0 Å². The van der Waals surface area contributed by atoms with Crippen LogP contribution in [0.15, 0.2) is 18.3 Å². The molecule has 0 aliphatic carbocycles. The van der Waals surface area contributed by atoms with Gasteiger partial charge in [-0.15, -0.1) is 0 Å². The third kappa shape index (κ3) is 3.52. The molecule has 0 saturated carbocycles. The van der Waals surface area contributed by atoms with Crippen LogP contribution in [0.4, 0.5) is 0 Å². The van der Waals surface area contributed by atoms with Gasteiger partial charge in [0.25, 0.3) is 0 Å². The Hall–Kier alpha value is -1.44. The highest BCUT2D eigenvalue weighted by Crippen LogP contribution is 2.16. The Balaban J connectivity index is 1.79. The summed E-state index contributed by atoms with van der Waals surface area (Å²) in [7, 11) is 0. The zero-order chi connectivity index (χ0) is 11.9. The van der Waals surface area contributed by atoms with Gasteiger partial charge in [-0.1, -0.05) is 6.07 Å². The molecule has 0 spiro atoms. The highest BCUT2D eigenvalue weighted by molar-refractivity contribution is 5.29. The van der Waals surface area contributed by atoms with Gasteiger partial charge < -0.3 is 9.47 Å². The van der Waals surface area contributed by atoms with E-state index in [2.05, 4.69) is 11.1 Å². The lowest BCUT2D eigenvalue weighted by molar-refractivity contribution is 0.0156. The van der Waals surface area contributed by atoms with E-state index in [1.54, 1.807) is 6.20 Å². The van der Waals surface area contributed by atoms with Gasteiger partial charge in [-0.2, -0.15) is 5.26 Å². The lowest BCUT2D eigenvalue weighted by atomic mass is 10.0. The Morgan fingerprint density at radius 1 is 1.47 bits per heavy atom. The normalized spacial score (nSPS) is 16.6. The first-order valence-corrected chi connectivity index (χ1v) is 5.89. The number of ether oxygens (including phenoxy) is 2. The number of rotatable bonds is 4. The quantitative estimate of drug-likeness (QED) is 0.795. The molecule has 0 radical (unpaired) electrons. The molecule has 1 aliphatic rings. The standard InChI is InChI=1S/C13H16N2O2/c14-8-13-12(2-1-5-15-13)10-17-9-11-3-6-16-7-4-11/h1-2,5,11H,3-4,6-7,9-10H2. The van der Waals surface area contributed by atoms with Crippen LogP contribution in [-0.2, 0) is 16.1 Å². The van der Waals surface area contributed by atoms with Gasteiger partial charge in [0, 0.05) is 25.0 Å². The first-order valence-electron chi connectivity index (χ1n) is 5.89. The summed E-state index contributed by atoms with van der Waals surface area (Å²) in [6, 6.07) is 5.78. The molecular formula is C13H16N2O2. The summed E-state index contributed by atoms with van der Waals surface area (Å²) >= 11 is 0. The summed E-state index contributed by atoms with van der Waals surface area (Å²) in [6.45, 7) is 2.88. The van der Waals surface area contributed by atoms with Gasteiger partial charge in [0.2, 0.25) is 0 Å². The maximum atomic E-state index is 8.88. The minimum atomic E-state index is 0.458. The zero-order valence-corrected chi connectivity index (χ0v) is 9.76. The third-order valence-corrected chi connectivity index (χ3v) is 2.95. The average molecular weight is 232 g/mol. The van der Waals surface area contributed by atoms with Crippen molar-refractivity contribution in [1.29, 1.82) is 5.26 Å². The van der Waals surface area contributed by atoms with Gasteiger partial charge >= 0.3 is 0 Å². The maximum absolute atomic E-state index is 8.88. The first kappa shape index (κ1) is 12.0. The Labute approximate surface area is 101 Å². The van der Waals surface area contributed by atoms with E-state index in [0.29, 0.717) is 18.2 Å². The van der Waals surface area contributed by atoms with Crippen LogP contribution < -0.4 is 0 Å². The number of pyridine rings is 1. The molecule has 0 amide bonds. The van der Waals surface area contributed by atoms with E-state index in [0.717, 1.165) is 38.2 Å². The van der Waals surface area contributed by atoms with E-state index >= 15 is 0 Å². The van der Waals surface area contributed by atoms with Crippen LogP contribution in [0.25, 0.3) is 0 Å². The summed E-state index contributed by atoms with van der Waals surface area (Å²) in [6.07, 6.45) is 3.76. The van der Waals surface area contributed by atoms with Crippen LogP contribution in [0.3, 0.4) is 0 Å². The lowest BCUT2D eigenvalue weighted by Gasteiger charge is -2.21. The SMILES string of the molecule is N#Cc1ncccc1COCC1CCOCC1. The van der Waals surface area contributed by atoms with E-state index in [-0.39, 0.29) is 0 Å². The first-order chi connectivity index (χ1) is 8.40. The highest BCUT2D eigenvalue weighted by Gasteiger charge is 2.14. The number of hydrogen-bond acceptors (Lipinski definition) is 4. The summed E-state index contributed by atoms with van der Waals surface area (Å²) in [5.74, 6) is 0.589. The molecule has 4 heteroatoms. The molecule has 1 aliphatic heterocycles. The van der Waals surface area contributed by atoms with Crippen molar-refractivity contribution in [1.82, 2.24) is 4.98 Å². The number of hydrogen-bond donors (Lipinski definition) is 0. The van der Waals surface area contributed by atoms with Gasteiger partial charge in [0.05, 0.1) is 13.2 Å². The molecule has 0 bridgehead atoms. The van der Waals surface area contributed by atoms with E-state index in [1.807, 2.05) is 12.1 Å². The van der Waals surface area contributed by atoms with Gasteiger partial charge in [-0.05, 0) is 24.8 Å². The van der Waals surface area contributed by atoms with E-state index < -0.39 is 0 Å². The van der Waals surface area contributed by atoms with Crippen LogP contribution in [-0.4, -0.2) is 24.8 Å². The Bertz CT molecular complexity index is 395. The minimum Gasteiger partial charge on any atom is -0.381 e. The molecule has 0 N–H and O–H groups in total. The smallest absolute Gasteiger partial charge is 0.145 e. The predicted molar refractivity (Wildman–Crippen MR) is 62.2 cm³/mol. The maximum Gasteiger partial charge on any atom is 0.145 e. The molecule has 0 unspecified atom stereocenters. The molecule has 1 aromatic rings. The molecular weight excluding hydrogens is 216 g/mol. The van der Waals surface area contributed by atoms with Crippen molar-refractivity contribution in [2.45, 2.75) is 19.4 Å². The molecule has 1 aromatic heterocycles. The van der Waals surface area contributed by atoms with Crippen molar-refractivity contribution in [3.8, 4) is 6.07 Å². The lowest BCUT2D eigenvalue weighted by Crippen LogP contribution is -2.20. The monoisotopic (exact) mass is 232 g/mol. The molecule has 2 rings (SSSR count). The molecule has 4 nitrogen and oxygen atoms in total. The van der Waals surface area contributed by atoms with Crippen LogP contribution in [0.1, 0.15) is 24.1 Å². The van der Waals surface area contributed by atoms with Crippen LogP contribution in [0.5, 0.6) is 0 Å². The highest BCUT2D eigenvalue weighted by atomic mass is 16.5. The van der Waals surface area contributed by atoms with Crippen molar-refractivity contribution in [2.24, 2.45) is 5.92 Å². The zero-order valence-electron chi connectivity index (χ0n) is 9.76. The van der Waals surface area contributed by atoms with Gasteiger partial charge in [0.1, 0.15) is 11.8 Å². The minimum absolute atomic E-state index is 0.458. The second-order valence-electron chi connectivity index (χ2n) is 4.19. The van der Waals surface area contributed by atoms with Crippen molar-refractivity contribution >= 4 is 0 Å². The average Bonchev–Trinajstić information content (AvgIpc) is 2.40. The number of aromatic nitrogens is 1. The fourth-order valence-corrected chi connectivity index (χ4v) is 1.90. The molecule has 1 fully saturated rings. The van der Waals surface area contributed by atoms with Crippen LogP contribution in [0.2, 0.25) is 0 Å². The molecule has 17 heavy (non-hydrogen) atoms. The Morgan fingerprint density at radius 2 is 2.29 bits per heavy atom. The number of nitriles is 1. The summed E-state index contributed by atoms with van der Waals surface area (Å²) in [5.41, 5.74) is 1.32. The van der Waals surface area contributed by atoms with Crippen molar-refractivity contribution in [3.63, 3.8) is 0 Å². The second-order valence-corrected chi connectivity index (χ2v) is 4.19. The third-order valence-electron chi connectivity index (χ3n) is 2.95. The van der Waals surface area contributed by atoms with E-state index in [9.17, 15) is 0 Å². The number of nitrogens with zero attached hydrogens (tertiary/aromatic N) is 2. The summed E-state index contributed by atoms with van der Waals surface area (Å²) < 4.78 is 10.9. The van der Waals surface area contributed by atoms with E-state index in [4.69, 9.17) is 14.7 Å². The molecule has 0 atom stereocenters. The summed E-state index contributed by atoms with van der Waals surface area (Å²) in [4.78, 5) is 4.00. The Morgan fingerprint density at radius 3 is 3.06 bits per heavy atom. The Kier molecular flexibility index (Phi) is 4.48. The predicted octanol–water partition coefficient (Wildman–Crippen LogP) is 1.90.